The molecule has 2 aliphatic rings. The Kier molecular flexibility index (Phi) is 3.57. The zero-order valence-electron chi connectivity index (χ0n) is 10.8. The molecule has 2 saturated heterocycles. The highest BCUT2D eigenvalue weighted by atomic mass is 16.5. The number of ether oxygens (including phenoxy) is 1. The van der Waals surface area contributed by atoms with Crippen LogP contribution in [0.15, 0.2) is 0 Å². The SMILES string of the molecule is CCC1(C)CC(CN)(N2CCCC2)CCO1. The number of hydrogen-bond acceptors (Lipinski definition) is 3. The first-order valence-electron chi connectivity index (χ1n) is 6.73. The van der Waals surface area contributed by atoms with Gasteiger partial charge in [0.2, 0.25) is 0 Å². The maximum absolute atomic E-state index is 6.10. The molecule has 0 aromatic rings. The van der Waals surface area contributed by atoms with Crippen LogP contribution in [0.3, 0.4) is 0 Å². The number of nitrogens with two attached hydrogens (primary N) is 1. The lowest BCUT2D eigenvalue weighted by Crippen LogP contribution is -2.60. The monoisotopic (exact) mass is 226 g/mol. The fraction of sp³-hybridized carbons (Fsp3) is 1.00. The van der Waals surface area contributed by atoms with Crippen LogP contribution in [0.25, 0.3) is 0 Å². The highest BCUT2D eigenvalue weighted by molar-refractivity contribution is 5.01. The first-order chi connectivity index (χ1) is 7.64. The Morgan fingerprint density at radius 2 is 2.00 bits per heavy atom. The summed E-state index contributed by atoms with van der Waals surface area (Å²) in [5, 5.41) is 0. The van der Waals surface area contributed by atoms with Gasteiger partial charge in [0.15, 0.2) is 0 Å². The van der Waals surface area contributed by atoms with Crippen LogP contribution in [-0.4, -0.2) is 42.3 Å². The number of rotatable bonds is 3. The van der Waals surface area contributed by atoms with Gasteiger partial charge < -0.3 is 10.5 Å². The van der Waals surface area contributed by atoms with Crippen molar-refractivity contribution in [1.82, 2.24) is 4.90 Å². The molecule has 94 valence electrons. The molecule has 2 unspecified atom stereocenters. The number of nitrogens with zero attached hydrogens (tertiary/aromatic N) is 1. The van der Waals surface area contributed by atoms with Crippen molar-refractivity contribution >= 4 is 0 Å². The van der Waals surface area contributed by atoms with E-state index in [2.05, 4.69) is 18.7 Å². The zero-order chi connectivity index (χ0) is 11.6. The molecule has 3 nitrogen and oxygen atoms in total. The Hall–Kier alpha value is -0.120. The molecule has 0 amide bonds. The third-order valence-corrected chi connectivity index (χ3v) is 4.63. The summed E-state index contributed by atoms with van der Waals surface area (Å²) < 4.78 is 5.95. The van der Waals surface area contributed by atoms with Crippen molar-refractivity contribution in [3.05, 3.63) is 0 Å². The minimum Gasteiger partial charge on any atom is -0.375 e. The average Bonchev–Trinajstić information content (AvgIpc) is 2.83. The second-order valence-corrected chi connectivity index (χ2v) is 5.70. The van der Waals surface area contributed by atoms with Crippen molar-refractivity contribution in [2.24, 2.45) is 5.73 Å². The average molecular weight is 226 g/mol. The summed E-state index contributed by atoms with van der Waals surface area (Å²) in [5.41, 5.74) is 6.36. The van der Waals surface area contributed by atoms with Crippen LogP contribution in [0, 0.1) is 0 Å². The lowest BCUT2D eigenvalue weighted by molar-refractivity contribution is -0.125. The van der Waals surface area contributed by atoms with E-state index >= 15 is 0 Å². The molecule has 0 spiro atoms. The second kappa shape index (κ2) is 4.63. The van der Waals surface area contributed by atoms with Crippen molar-refractivity contribution in [2.75, 3.05) is 26.2 Å². The van der Waals surface area contributed by atoms with Gasteiger partial charge >= 0.3 is 0 Å². The van der Waals surface area contributed by atoms with Crippen LogP contribution in [0.5, 0.6) is 0 Å². The smallest absolute Gasteiger partial charge is 0.0670 e. The van der Waals surface area contributed by atoms with Gasteiger partial charge in [-0.05, 0) is 52.1 Å². The van der Waals surface area contributed by atoms with Crippen LogP contribution in [0.2, 0.25) is 0 Å². The van der Waals surface area contributed by atoms with Gasteiger partial charge in [0, 0.05) is 18.7 Å². The molecule has 3 heteroatoms. The predicted octanol–water partition coefficient (Wildman–Crippen LogP) is 1.76. The van der Waals surface area contributed by atoms with Gasteiger partial charge in [-0.25, -0.2) is 0 Å². The van der Waals surface area contributed by atoms with E-state index in [0.29, 0.717) is 0 Å². The summed E-state index contributed by atoms with van der Waals surface area (Å²) in [6.07, 6.45) is 5.98. The Labute approximate surface area is 99.3 Å². The van der Waals surface area contributed by atoms with Crippen molar-refractivity contribution in [1.29, 1.82) is 0 Å². The summed E-state index contributed by atoms with van der Waals surface area (Å²) in [4.78, 5) is 2.63. The molecule has 2 fully saturated rings. The Balaban J connectivity index is 2.13. The molecular weight excluding hydrogens is 200 g/mol. The fourth-order valence-electron chi connectivity index (χ4n) is 3.31. The molecule has 0 bridgehead atoms. The van der Waals surface area contributed by atoms with Gasteiger partial charge in [-0.3, -0.25) is 4.90 Å². The van der Waals surface area contributed by atoms with Crippen molar-refractivity contribution < 1.29 is 4.74 Å². The Morgan fingerprint density at radius 1 is 1.31 bits per heavy atom. The lowest BCUT2D eigenvalue weighted by Gasteiger charge is -2.50. The third kappa shape index (κ3) is 2.13. The van der Waals surface area contributed by atoms with Crippen molar-refractivity contribution in [3.63, 3.8) is 0 Å². The molecule has 0 radical (unpaired) electrons. The molecule has 2 heterocycles. The van der Waals surface area contributed by atoms with Gasteiger partial charge in [0.1, 0.15) is 0 Å². The third-order valence-electron chi connectivity index (χ3n) is 4.63. The van der Waals surface area contributed by atoms with Gasteiger partial charge in [0.05, 0.1) is 5.60 Å². The zero-order valence-corrected chi connectivity index (χ0v) is 10.8. The van der Waals surface area contributed by atoms with E-state index in [1.807, 2.05) is 0 Å². The van der Waals surface area contributed by atoms with E-state index in [0.717, 1.165) is 32.4 Å². The number of hydrogen-bond donors (Lipinski definition) is 1. The molecule has 0 aliphatic carbocycles. The maximum Gasteiger partial charge on any atom is 0.0670 e. The molecule has 2 atom stereocenters. The molecule has 2 N–H and O–H groups in total. The van der Waals surface area contributed by atoms with Gasteiger partial charge in [-0.1, -0.05) is 6.92 Å². The number of likely N-dealkylation sites (tertiary alicyclic amines) is 1. The van der Waals surface area contributed by atoms with Crippen LogP contribution in [-0.2, 0) is 4.74 Å². The first kappa shape index (κ1) is 12.3. The topological polar surface area (TPSA) is 38.5 Å². The standard InChI is InChI=1S/C13H26N2O/c1-3-12(2)10-13(11-14,6-9-16-12)15-7-4-5-8-15/h3-11,14H2,1-2H3. The van der Waals surface area contributed by atoms with Gasteiger partial charge in [-0.15, -0.1) is 0 Å². The van der Waals surface area contributed by atoms with Crippen molar-refractivity contribution in [3.8, 4) is 0 Å². The van der Waals surface area contributed by atoms with E-state index in [4.69, 9.17) is 10.5 Å². The summed E-state index contributed by atoms with van der Waals surface area (Å²) in [6, 6.07) is 0. The van der Waals surface area contributed by atoms with E-state index in [1.54, 1.807) is 0 Å². The second-order valence-electron chi connectivity index (χ2n) is 5.70. The first-order valence-corrected chi connectivity index (χ1v) is 6.73. The van der Waals surface area contributed by atoms with E-state index in [1.165, 1.54) is 25.9 Å². The van der Waals surface area contributed by atoms with Crippen LogP contribution in [0.4, 0.5) is 0 Å². The van der Waals surface area contributed by atoms with E-state index in [9.17, 15) is 0 Å². The molecule has 2 rings (SSSR count). The fourth-order valence-corrected chi connectivity index (χ4v) is 3.31. The van der Waals surface area contributed by atoms with Crippen molar-refractivity contribution in [2.45, 2.75) is 57.1 Å². The van der Waals surface area contributed by atoms with Gasteiger partial charge in [-0.2, -0.15) is 0 Å². The van der Waals surface area contributed by atoms with Crippen LogP contribution in [0.1, 0.15) is 46.0 Å². The quantitative estimate of drug-likeness (QED) is 0.797. The summed E-state index contributed by atoms with van der Waals surface area (Å²) in [5.74, 6) is 0. The summed E-state index contributed by atoms with van der Waals surface area (Å²) in [6.45, 7) is 8.58. The lowest BCUT2D eigenvalue weighted by atomic mass is 9.78. The highest BCUT2D eigenvalue weighted by Crippen LogP contribution is 2.39. The predicted molar refractivity (Wildman–Crippen MR) is 66.5 cm³/mol. The largest absolute Gasteiger partial charge is 0.375 e. The molecule has 16 heavy (non-hydrogen) atoms. The van der Waals surface area contributed by atoms with Crippen LogP contribution < -0.4 is 5.73 Å². The molecular formula is C13H26N2O. The molecule has 0 saturated carbocycles. The van der Waals surface area contributed by atoms with Crippen LogP contribution >= 0.6 is 0 Å². The summed E-state index contributed by atoms with van der Waals surface area (Å²) in [7, 11) is 0. The normalized spacial score (nSPS) is 41.4. The maximum atomic E-state index is 6.10. The molecule has 0 aromatic heterocycles. The van der Waals surface area contributed by atoms with E-state index < -0.39 is 0 Å². The summed E-state index contributed by atoms with van der Waals surface area (Å²) >= 11 is 0. The molecule has 0 aromatic carbocycles. The van der Waals surface area contributed by atoms with E-state index in [-0.39, 0.29) is 11.1 Å². The van der Waals surface area contributed by atoms with Gasteiger partial charge in [0.25, 0.3) is 0 Å². The minimum atomic E-state index is 0.0419. The highest BCUT2D eigenvalue weighted by Gasteiger charge is 2.45. The molecule has 2 aliphatic heterocycles. The minimum absolute atomic E-state index is 0.0419. The Bertz CT molecular complexity index is 240. The Morgan fingerprint density at radius 3 is 2.56 bits per heavy atom.